The minimum absolute atomic E-state index is 0.0368. The van der Waals surface area contributed by atoms with Crippen LogP contribution in [0.2, 0.25) is 5.02 Å². The van der Waals surface area contributed by atoms with Crippen molar-refractivity contribution in [2.75, 3.05) is 12.4 Å². The van der Waals surface area contributed by atoms with Gasteiger partial charge in [-0.1, -0.05) is 17.7 Å². The van der Waals surface area contributed by atoms with Crippen molar-refractivity contribution in [1.82, 2.24) is 9.78 Å². The van der Waals surface area contributed by atoms with Crippen LogP contribution in [0.5, 0.6) is 5.75 Å². The number of anilines is 1. The van der Waals surface area contributed by atoms with E-state index in [0.29, 0.717) is 17.9 Å². The quantitative estimate of drug-likeness (QED) is 0.669. The van der Waals surface area contributed by atoms with Crippen LogP contribution in [0.3, 0.4) is 0 Å². The van der Waals surface area contributed by atoms with Gasteiger partial charge in [-0.3, -0.25) is 4.79 Å². The molecule has 0 aliphatic heterocycles. The van der Waals surface area contributed by atoms with Gasteiger partial charge in [0.05, 0.1) is 18.5 Å². The molecule has 3 aromatic rings. The van der Waals surface area contributed by atoms with Gasteiger partial charge in [0.1, 0.15) is 5.75 Å². The SMILES string of the molecule is COc1cccc(-n2nc(C)c(CCC(=O)Nc3ccc(Cl)cc3)c2C)c1. The van der Waals surface area contributed by atoms with Crippen LogP contribution in [0.25, 0.3) is 5.69 Å². The molecule has 0 saturated heterocycles. The van der Waals surface area contributed by atoms with Crippen LogP contribution in [-0.4, -0.2) is 22.8 Å². The molecule has 0 aliphatic carbocycles. The molecule has 3 rings (SSSR count). The zero-order valence-electron chi connectivity index (χ0n) is 15.6. The smallest absolute Gasteiger partial charge is 0.224 e. The second kappa shape index (κ2) is 8.27. The van der Waals surface area contributed by atoms with Gasteiger partial charge in [0.15, 0.2) is 0 Å². The Morgan fingerprint density at radius 2 is 1.93 bits per heavy atom. The van der Waals surface area contributed by atoms with Gasteiger partial charge in [0.2, 0.25) is 5.91 Å². The van der Waals surface area contributed by atoms with Crippen molar-refractivity contribution in [1.29, 1.82) is 0 Å². The summed E-state index contributed by atoms with van der Waals surface area (Å²) < 4.78 is 7.19. The molecule has 0 bridgehead atoms. The Morgan fingerprint density at radius 3 is 2.63 bits per heavy atom. The largest absolute Gasteiger partial charge is 0.497 e. The first-order chi connectivity index (χ1) is 13.0. The number of methoxy groups -OCH3 is 1. The van der Waals surface area contributed by atoms with Crippen LogP contribution in [0.1, 0.15) is 23.4 Å². The Kier molecular flexibility index (Phi) is 5.81. The van der Waals surface area contributed by atoms with Gasteiger partial charge in [-0.2, -0.15) is 5.10 Å². The minimum Gasteiger partial charge on any atom is -0.497 e. The number of hydrogen-bond donors (Lipinski definition) is 1. The molecule has 6 heteroatoms. The lowest BCUT2D eigenvalue weighted by atomic mass is 10.1. The van der Waals surface area contributed by atoms with Crippen molar-refractivity contribution in [2.24, 2.45) is 0 Å². The van der Waals surface area contributed by atoms with E-state index >= 15 is 0 Å². The predicted molar refractivity (Wildman–Crippen MR) is 108 cm³/mol. The van der Waals surface area contributed by atoms with Crippen molar-refractivity contribution in [3.8, 4) is 11.4 Å². The summed E-state index contributed by atoms with van der Waals surface area (Å²) in [5.74, 6) is 0.745. The summed E-state index contributed by atoms with van der Waals surface area (Å²) >= 11 is 5.87. The number of nitrogens with zero attached hydrogens (tertiary/aromatic N) is 2. The van der Waals surface area contributed by atoms with Crippen LogP contribution in [-0.2, 0) is 11.2 Å². The zero-order chi connectivity index (χ0) is 19.4. The Hall–Kier alpha value is -2.79. The van der Waals surface area contributed by atoms with Crippen LogP contribution in [0.4, 0.5) is 5.69 Å². The lowest BCUT2D eigenvalue weighted by Crippen LogP contribution is -2.12. The predicted octanol–water partition coefficient (Wildman–Crippen LogP) is 4.72. The van der Waals surface area contributed by atoms with Crippen LogP contribution in [0, 0.1) is 13.8 Å². The molecule has 5 nitrogen and oxygen atoms in total. The topological polar surface area (TPSA) is 56.2 Å². The maximum atomic E-state index is 12.3. The minimum atomic E-state index is -0.0368. The van der Waals surface area contributed by atoms with Crippen LogP contribution in [0.15, 0.2) is 48.5 Å². The van der Waals surface area contributed by atoms with Gasteiger partial charge in [-0.05, 0) is 62.2 Å². The molecule has 1 amide bonds. The van der Waals surface area contributed by atoms with Gasteiger partial charge in [-0.15, -0.1) is 0 Å². The lowest BCUT2D eigenvalue weighted by molar-refractivity contribution is -0.116. The molecule has 0 aliphatic rings. The van der Waals surface area contributed by atoms with E-state index in [2.05, 4.69) is 10.4 Å². The normalized spacial score (nSPS) is 10.7. The zero-order valence-corrected chi connectivity index (χ0v) is 16.4. The summed E-state index contributed by atoms with van der Waals surface area (Å²) in [6, 6.07) is 14.8. The van der Waals surface area contributed by atoms with Crippen molar-refractivity contribution in [2.45, 2.75) is 26.7 Å². The third-order valence-corrected chi connectivity index (χ3v) is 4.72. The van der Waals surface area contributed by atoms with Gasteiger partial charge in [0, 0.05) is 28.9 Å². The van der Waals surface area contributed by atoms with E-state index in [-0.39, 0.29) is 5.91 Å². The van der Waals surface area contributed by atoms with Crippen LogP contribution < -0.4 is 10.1 Å². The first kappa shape index (κ1) is 19.0. The summed E-state index contributed by atoms with van der Waals surface area (Å²) in [7, 11) is 1.64. The van der Waals surface area contributed by atoms with E-state index in [1.165, 1.54) is 0 Å². The summed E-state index contributed by atoms with van der Waals surface area (Å²) in [5.41, 5.74) is 4.72. The highest BCUT2D eigenvalue weighted by Gasteiger charge is 2.14. The molecule has 2 aromatic carbocycles. The monoisotopic (exact) mass is 383 g/mol. The molecule has 27 heavy (non-hydrogen) atoms. The highest BCUT2D eigenvalue weighted by molar-refractivity contribution is 6.30. The highest BCUT2D eigenvalue weighted by atomic mass is 35.5. The van der Waals surface area contributed by atoms with E-state index in [1.54, 1.807) is 31.4 Å². The number of aryl methyl sites for hydroxylation is 1. The summed E-state index contributed by atoms with van der Waals surface area (Å²) in [4.78, 5) is 12.3. The van der Waals surface area contributed by atoms with E-state index < -0.39 is 0 Å². The van der Waals surface area contributed by atoms with Gasteiger partial charge >= 0.3 is 0 Å². The fraction of sp³-hybridized carbons (Fsp3) is 0.238. The molecule has 0 fully saturated rings. The number of carbonyl (C=O) groups is 1. The molecule has 0 saturated carbocycles. The summed E-state index contributed by atoms with van der Waals surface area (Å²) in [6.45, 7) is 3.99. The number of rotatable bonds is 6. The molecule has 0 radical (unpaired) electrons. The fourth-order valence-corrected chi connectivity index (χ4v) is 3.15. The number of halogens is 1. The molecule has 0 atom stereocenters. The lowest BCUT2D eigenvalue weighted by Gasteiger charge is -2.08. The maximum absolute atomic E-state index is 12.3. The Balaban J connectivity index is 1.71. The average molecular weight is 384 g/mol. The number of ether oxygens (including phenoxy) is 1. The second-order valence-corrected chi connectivity index (χ2v) is 6.75. The molecule has 140 valence electrons. The van der Waals surface area contributed by atoms with Gasteiger partial charge in [-0.25, -0.2) is 4.68 Å². The van der Waals surface area contributed by atoms with E-state index in [9.17, 15) is 4.79 Å². The first-order valence-electron chi connectivity index (χ1n) is 8.73. The first-order valence-corrected chi connectivity index (χ1v) is 9.10. The van der Waals surface area contributed by atoms with Crippen molar-refractivity contribution >= 4 is 23.2 Å². The molecule has 1 N–H and O–H groups in total. The Morgan fingerprint density at radius 1 is 1.19 bits per heavy atom. The maximum Gasteiger partial charge on any atom is 0.224 e. The van der Waals surface area contributed by atoms with Crippen molar-refractivity contribution in [3.05, 3.63) is 70.5 Å². The number of aromatic nitrogens is 2. The summed E-state index contributed by atoms with van der Waals surface area (Å²) in [6.07, 6.45) is 1.01. The Labute approximate surface area is 163 Å². The number of amides is 1. The molecule has 1 aromatic heterocycles. The molecular weight excluding hydrogens is 362 g/mol. The molecular formula is C21H22ClN3O2. The van der Waals surface area contributed by atoms with E-state index in [1.807, 2.05) is 42.8 Å². The van der Waals surface area contributed by atoms with Crippen molar-refractivity contribution < 1.29 is 9.53 Å². The number of benzene rings is 2. The van der Waals surface area contributed by atoms with Gasteiger partial charge < -0.3 is 10.1 Å². The summed E-state index contributed by atoms with van der Waals surface area (Å²) in [5, 5.41) is 8.18. The second-order valence-electron chi connectivity index (χ2n) is 6.32. The number of nitrogens with one attached hydrogen (secondary N) is 1. The van der Waals surface area contributed by atoms with Gasteiger partial charge in [0.25, 0.3) is 0 Å². The standard InChI is InChI=1S/C21H22ClN3O2/c1-14-20(11-12-21(26)23-17-9-7-16(22)8-10-17)15(2)25(24-14)18-5-4-6-19(13-18)27-3/h4-10,13H,11-12H2,1-3H3,(H,23,26). The Bertz CT molecular complexity index is 949. The third kappa shape index (κ3) is 4.49. The fourth-order valence-electron chi connectivity index (χ4n) is 3.03. The van der Waals surface area contributed by atoms with Crippen molar-refractivity contribution in [3.63, 3.8) is 0 Å². The molecule has 0 unspecified atom stereocenters. The molecule has 1 heterocycles. The molecule has 0 spiro atoms. The third-order valence-electron chi connectivity index (χ3n) is 4.47. The average Bonchev–Trinajstić information content (AvgIpc) is 2.96. The highest BCUT2D eigenvalue weighted by Crippen LogP contribution is 2.22. The van der Waals surface area contributed by atoms with E-state index in [4.69, 9.17) is 16.3 Å². The number of hydrogen-bond acceptors (Lipinski definition) is 3. The number of carbonyl (C=O) groups excluding carboxylic acids is 1. The van der Waals surface area contributed by atoms with Crippen LogP contribution >= 0.6 is 11.6 Å². The van der Waals surface area contributed by atoms with E-state index in [0.717, 1.165) is 34.1 Å².